The largest absolute Gasteiger partial charge is 0.314 e. The number of aromatic nitrogens is 3. The molecule has 2 aromatic heterocycles. The summed E-state index contributed by atoms with van der Waals surface area (Å²) in [5.41, 5.74) is 4.90. The molecule has 4 nitrogen and oxygen atoms in total. The molecule has 1 aliphatic heterocycles. The maximum Gasteiger partial charge on any atom is 0.132 e. The zero-order valence-electron chi connectivity index (χ0n) is 13.9. The highest BCUT2D eigenvalue weighted by atomic mass is 35.5. The van der Waals surface area contributed by atoms with Gasteiger partial charge >= 0.3 is 0 Å². The summed E-state index contributed by atoms with van der Waals surface area (Å²) in [6.07, 6.45) is 8.62. The molecule has 0 N–H and O–H groups in total. The van der Waals surface area contributed by atoms with Crippen LogP contribution in [0.5, 0.6) is 0 Å². The van der Waals surface area contributed by atoms with E-state index in [1.54, 1.807) is 16.9 Å². The molecule has 0 spiro atoms. The van der Waals surface area contributed by atoms with Gasteiger partial charge in [-0.25, -0.2) is 4.39 Å². The molecule has 0 saturated carbocycles. The summed E-state index contributed by atoms with van der Waals surface area (Å²) in [4.78, 5) is 6.46. The standard InChI is InChI=1S/C19H16ClFN4/c1-12-10-22-17(14-8-13(20)5-6-15(14)21)9-18(12)25-7-3-4-16-19(25)11-24(2)23-16/h3,5-11H,4H2,1-2H3. The van der Waals surface area contributed by atoms with Crippen LogP contribution < -0.4 is 4.90 Å². The number of nitrogens with zero attached hydrogens (tertiary/aromatic N) is 4. The first-order valence-electron chi connectivity index (χ1n) is 7.93. The molecule has 0 atom stereocenters. The third kappa shape index (κ3) is 2.81. The van der Waals surface area contributed by atoms with Gasteiger partial charge in [0.1, 0.15) is 5.82 Å². The van der Waals surface area contributed by atoms with E-state index < -0.39 is 0 Å². The molecule has 4 rings (SSSR count). The lowest BCUT2D eigenvalue weighted by Gasteiger charge is -2.25. The van der Waals surface area contributed by atoms with Crippen LogP contribution in [0.2, 0.25) is 5.02 Å². The van der Waals surface area contributed by atoms with Gasteiger partial charge in [-0.05, 0) is 36.8 Å². The van der Waals surface area contributed by atoms with Crippen molar-refractivity contribution in [2.45, 2.75) is 13.3 Å². The van der Waals surface area contributed by atoms with Gasteiger partial charge in [0.2, 0.25) is 0 Å². The first kappa shape index (κ1) is 15.8. The molecule has 25 heavy (non-hydrogen) atoms. The van der Waals surface area contributed by atoms with Crippen LogP contribution in [0.3, 0.4) is 0 Å². The van der Waals surface area contributed by atoms with Crippen LogP contribution in [-0.4, -0.2) is 14.8 Å². The van der Waals surface area contributed by atoms with Crippen LogP contribution in [0.4, 0.5) is 15.8 Å². The van der Waals surface area contributed by atoms with Crippen molar-refractivity contribution in [3.63, 3.8) is 0 Å². The molecule has 1 aliphatic rings. The number of fused-ring (bicyclic) bond motifs is 1. The second-order valence-corrected chi connectivity index (χ2v) is 6.51. The average Bonchev–Trinajstić information content (AvgIpc) is 2.98. The summed E-state index contributed by atoms with van der Waals surface area (Å²) in [6, 6.07) is 6.38. The van der Waals surface area contributed by atoms with Crippen LogP contribution in [0.25, 0.3) is 11.3 Å². The molecule has 0 radical (unpaired) electrons. The maximum absolute atomic E-state index is 14.2. The number of hydrogen-bond donors (Lipinski definition) is 0. The van der Waals surface area contributed by atoms with Gasteiger partial charge in [-0.2, -0.15) is 5.10 Å². The predicted molar refractivity (Wildman–Crippen MR) is 97.6 cm³/mol. The second-order valence-electron chi connectivity index (χ2n) is 6.07. The summed E-state index contributed by atoms with van der Waals surface area (Å²) in [6.45, 7) is 1.99. The number of aryl methyl sites for hydroxylation is 2. The number of benzene rings is 1. The van der Waals surface area contributed by atoms with Gasteiger partial charge in [0.15, 0.2) is 0 Å². The van der Waals surface area contributed by atoms with Gasteiger partial charge in [-0.15, -0.1) is 0 Å². The Labute approximate surface area is 150 Å². The Bertz CT molecular complexity index is 993. The normalized spacial score (nSPS) is 13.2. The van der Waals surface area contributed by atoms with Crippen molar-refractivity contribution in [3.8, 4) is 11.3 Å². The first-order chi connectivity index (χ1) is 12.0. The van der Waals surface area contributed by atoms with Crippen molar-refractivity contribution in [2.24, 2.45) is 7.05 Å². The molecular weight excluding hydrogens is 339 g/mol. The van der Waals surface area contributed by atoms with Crippen molar-refractivity contribution in [1.29, 1.82) is 0 Å². The van der Waals surface area contributed by atoms with Crippen LogP contribution in [0.15, 0.2) is 48.9 Å². The number of pyridine rings is 1. The van der Waals surface area contributed by atoms with Gasteiger partial charge in [0, 0.05) is 42.6 Å². The van der Waals surface area contributed by atoms with E-state index in [0.29, 0.717) is 16.3 Å². The Hall–Kier alpha value is -2.66. The van der Waals surface area contributed by atoms with Gasteiger partial charge in [-0.3, -0.25) is 9.67 Å². The molecule has 3 aromatic rings. The molecule has 126 valence electrons. The lowest BCUT2D eigenvalue weighted by Crippen LogP contribution is -2.14. The molecule has 1 aromatic carbocycles. The fourth-order valence-corrected chi connectivity index (χ4v) is 3.21. The summed E-state index contributed by atoms with van der Waals surface area (Å²) >= 11 is 6.03. The van der Waals surface area contributed by atoms with Crippen molar-refractivity contribution < 1.29 is 4.39 Å². The van der Waals surface area contributed by atoms with Crippen molar-refractivity contribution in [3.05, 3.63) is 71.0 Å². The van der Waals surface area contributed by atoms with Crippen LogP contribution in [0.1, 0.15) is 11.3 Å². The van der Waals surface area contributed by atoms with Gasteiger partial charge in [0.25, 0.3) is 0 Å². The quantitative estimate of drug-likeness (QED) is 0.663. The Morgan fingerprint density at radius 2 is 2.04 bits per heavy atom. The Morgan fingerprint density at radius 3 is 2.88 bits per heavy atom. The van der Waals surface area contributed by atoms with E-state index in [0.717, 1.165) is 29.1 Å². The van der Waals surface area contributed by atoms with E-state index in [-0.39, 0.29) is 5.82 Å². The molecule has 6 heteroatoms. The van der Waals surface area contributed by atoms with Crippen LogP contribution in [0, 0.1) is 12.7 Å². The van der Waals surface area contributed by atoms with Gasteiger partial charge in [-0.1, -0.05) is 17.7 Å². The minimum absolute atomic E-state index is 0.344. The number of rotatable bonds is 2. The smallest absolute Gasteiger partial charge is 0.132 e. The maximum atomic E-state index is 14.2. The third-order valence-electron chi connectivity index (χ3n) is 4.25. The minimum atomic E-state index is -0.344. The molecule has 0 amide bonds. The van der Waals surface area contributed by atoms with Gasteiger partial charge < -0.3 is 4.90 Å². The number of halogens is 2. The second kappa shape index (κ2) is 6.01. The topological polar surface area (TPSA) is 34.0 Å². The summed E-state index contributed by atoms with van der Waals surface area (Å²) in [5.74, 6) is -0.344. The monoisotopic (exact) mass is 354 g/mol. The van der Waals surface area contributed by atoms with Crippen molar-refractivity contribution >= 4 is 23.0 Å². The summed E-state index contributed by atoms with van der Waals surface area (Å²) < 4.78 is 16.0. The molecular formula is C19H16ClFN4. The molecule has 0 bridgehead atoms. The third-order valence-corrected chi connectivity index (χ3v) is 4.48. The Kier molecular flexibility index (Phi) is 3.81. The Balaban J connectivity index is 1.85. The molecule has 0 aliphatic carbocycles. The summed E-state index contributed by atoms with van der Waals surface area (Å²) in [5, 5.41) is 4.97. The lowest BCUT2D eigenvalue weighted by molar-refractivity contribution is 0.631. The average molecular weight is 355 g/mol. The SMILES string of the molecule is Cc1cnc(-c2cc(Cl)ccc2F)cc1N1C=CCc2nn(C)cc21. The zero-order valence-corrected chi connectivity index (χ0v) is 14.6. The zero-order chi connectivity index (χ0) is 17.6. The summed E-state index contributed by atoms with van der Waals surface area (Å²) in [7, 11) is 1.91. The van der Waals surface area contributed by atoms with E-state index in [9.17, 15) is 4.39 Å². The molecule has 0 fully saturated rings. The fourth-order valence-electron chi connectivity index (χ4n) is 3.04. The highest BCUT2D eigenvalue weighted by Crippen LogP contribution is 2.36. The number of hydrogen-bond acceptors (Lipinski definition) is 3. The minimum Gasteiger partial charge on any atom is -0.314 e. The van der Waals surface area contributed by atoms with E-state index in [2.05, 4.69) is 21.1 Å². The molecule has 0 unspecified atom stereocenters. The van der Waals surface area contributed by atoms with Gasteiger partial charge in [0.05, 0.1) is 22.8 Å². The van der Waals surface area contributed by atoms with Crippen molar-refractivity contribution in [1.82, 2.24) is 14.8 Å². The van der Waals surface area contributed by atoms with Crippen molar-refractivity contribution in [2.75, 3.05) is 4.90 Å². The van der Waals surface area contributed by atoms with E-state index >= 15 is 0 Å². The molecule has 0 saturated heterocycles. The Morgan fingerprint density at radius 1 is 1.20 bits per heavy atom. The van der Waals surface area contributed by atoms with E-state index in [4.69, 9.17) is 11.6 Å². The molecule has 3 heterocycles. The fraction of sp³-hybridized carbons (Fsp3) is 0.158. The van der Waals surface area contributed by atoms with E-state index in [1.807, 2.05) is 32.4 Å². The van der Waals surface area contributed by atoms with Crippen LogP contribution >= 0.6 is 11.6 Å². The highest BCUT2D eigenvalue weighted by Gasteiger charge is 2.20. The lowest BCUT2D eigenvalue weighted by atomic mass is 10.1. The number of allylic oxidation sites excluding steroid dienone is 1. The number of anilines is 2. The predicted octanol–water partition coefficient (Wildman–Crippen LogP) is 4.79. The first-order valence-corrected chi connectivity index (χ1v) is 8.31. The highest BCUT2D eigenvalue weighted by molar-refractivity contribution is 6.30. The van der Waals surface area contributed by atoms with Crippen LogP contribution in [-0.2, 0) is 13.5 Å². The van der Waals surface area contributed by atoms with E-state index in [1.165, 1.54) is 12.1 Å².